The Kier molecular flexibility index (Phi) is 6.94. The number of benzene rings is 2. The van der Waals surface area contributed by atoms with Gasteiger partial charge in [-0.3, -0.25) is 9.48 Å². The van der Waals surface area contributed by atoms with E-state index < -0.39 is 23.7 Å². The monoisotopic (exact) mass is 550 g/mol. The van der Waals surface area contributed by atoms with Gasteiger partial charge in [-0.15, -0.1) is 0 Å². The summed E-state index contributed by atoms with van der Waals surface area (Å²) in [6, 6.07) is 15.3. The number of nitrogens with one attached hydrogen (secondary N) is 1. The molecule has 204 valence electrons. The summed E-state index contributed by atoms with van der Waals surface area (Å²) in [5.41, 5.74) is 0.284. The number of fused-ring (bicyclic) bond motifs is 1. The van der Waals surface area contributed by atoms with E-state index in [4.69, 9.17) is 9.47 Å². The van der Waals surface area contributed by atoms with E-state index in [1.807, 2.05) is 0 Å². The minimum atomic E-state index is -4.76. The third-order valence-corrected chi connectivity index (χ3v) is 5.98. The minimum absolute atomic E-state index is 0.0582. The highest BCUT2D eigenvalue weighted by atomic mass is 19.4. The number of ether oxygens (including phenoxy) is 2. The van der Waals surface area contributed by atoms with E-state index in [1.54, 1.807) is 48.5 Å². The molecule has 13 heteroatoms. The van der Waals surface area contributed by atoms with Crippen LogP contribution in [0.25, 0.3) is 16.9 Å². The predicted molar refractivity (Wildman–Crippen MR) is 137 cm³/mol. The summed E-state index contributed by atoms with van der Waals surface area (Å²) in [5.74, 6) is -0.704. The van der Waals surface area contributed by atoms with Crippen LogP contribution in [-0.2, 0) is 17.5 Å². The first-order valence-corrected chi connectivity index (χ1v) is 11.8. The van der Waals surface area contributed by atoms with Gasteiger partial charge in [0.05, 0.1) is 43.9 Å². The number of alkyl halides is 3. The summed E-state index contributed by atoms with van der Waals surface area (Å²) in [5, 5.41) is 10.6. The third kappa shape index (κ3) is 5.34. The average molecular weight is 550 g/mol. The summed E-state index contributed by atoms with van der Waals surface area (Å²) in [4.78, 5) is 29.2. The molecular weight excluding hydrogens is 529 g/mol. The van der Waals surface area contributed by atoms with Crippen LogP contribution < -0.4 is 10.1 Å². The molecule has 0 aliphatic carbocycles. The van der Waals surface area contributed by atoms with Crippen molar-refractivity contribution in [1.82, 2.24) is 24.4 Å². The molecule has 0 unspecified atom stereocenters. The maximum Gasteiger partial charge on any atom is 0.433 e. The van der Waals surface area contributed by atoms with Crippen molar-refractivity contribution >= 4 is 23.2 Å². The molecule has 3 heterocycles. The summed E-state index contributed by atoms with van der Waals surface area (Å²) < 4.78 is 53.8. The van der Waals surface area contributed by atoms with Gasteiger partial charge in [-0.1, -0.05) is 18.2 Å². The third-order valence-electron chi connectivity index (χ3n) is 5.98. The van der Waals surface area contributed by atoms with Crippen LogP contribution in [0.2, 0.25) is 0 Å². The Balaban J connectivity index is 1.40. The highest BCUT2D eigenvalue weighted by Crippen LogP contribution is 2.33. The van der Waals surface area contributed by atoms with Gasteiger partial charge in [0, 0.05) is 17.8 Å². The molecule has 0 saturated carbocycles. The molecule has 40 heavy (non-hydrogen) atoms. The van der Waals surface area contributed by atoms with Crippen molar-refractivity contribution in [2.45, 2.75) is 12.7 Å². The quantitative estimate of drug-likeness (QED) is 0.292. The maximum atomic E-state index is 13.9. The van der Waals surface area contributed by atoms with E-state index in [0.717, 1.165) is 6.07 Å². The van der Waals surface area contributed by atoms with E-state index in [0.29, 0.717) is 27.0 Å². The fourth-order valence-corrected chi connectivity index (χ4v) is 4.05. The van der Waals surface area contributed by atoms with E-state index in [-0.39, 0.29) is 29.3 Å². The number of esters is 1. The first-order chi connectivity index (χ1) is 19.2. The molecule has 0 spiro atoms. The zero-order valence-electron chi connectivity index (χ0n) is 21.1. The lowest BCUT2D eigenvalue weighted by Crippen LogP contribution is -2.15. The Morgan fingerprint density at radius 2 is 1.77 bits per heavy atom. The fourth-order valence-electron chi connectivity index (χ4n) is 4.05. The summed E-state index contributed by atoms with van der Waals surface area (Å²) in [6.45, 7) is 0.211. The molecule has 0 saturated heterocycles. The van der Waals surface area contributed by atoms with Crippen LogP contribution in [0, 0.1) is 0 Å². The highest BCUT2D eigenvalue weighted by Gasteiger charge is 2.35. The van der Waals surface area contributed by atoms with Crippen molar-refractivity contribution in [2.75, 3.05) is 19.5 Å². The molecule has 10 nitrogen and oxygen atoms in total. The Hall–Kier alpha value is -5.20. The van der Waals surface area contributed by atoms with Crippen LogP contribution in [0.5, 0.6) is 5.75 Å². The smallest absolute Gasteiger partial charge is 0.433 e. The van der Waals surface area contributed by atoms with Crippen molar-refractivity contribution in [2.24, 2.45) is 0 Å². The van der Waals surface area contributed by atoms with Crippen molar-refractivity contribution in [3.05, 3.63) is 95.6 Å². The molecule has 1 amide bonds. The summed E-state index contributed by atoms with van der Waals surface area (Å²) >= 11 is 0. The summed E-state index contributed by atoms with van der Waals surface area (Å²) in [6.07, 6.45) is -1.87. The molecule has 5 rings (SSSR count). The number of hydrogen-bond donors (Lipinski definition) is 1. The standard InChI is InChI=1S/C27H21F3N6O4/c1-39-19-9-7-16(8-10-19)21-11-23(27(28,29)30)36-24(33-21)12-22(34-36)25(37)32-18-13-31-35(15-18)14-17-5-3-4-6-20(17)26(38)40-2/h3-13,15H,14H2,1-2H3,(H,32,37). The zero-order chi connectivity index (χ0) is 28.4. The van der Waals surface area contributed by atoms with Gasteiger partial charge >= 0.3 is 12.1 Å². The zero-order valence-corrected chi connectivity index (χ0v) is 21.1. The van der Waals surface area contributed by atoms with Gasteiger partial charge in [0.1, 0.15) is 5.75 Å². The van der Waals surface area contributed by atoms with E-state index >= 15 is 0 Å². The van der Waals surface area contributed by atoms with Gasteiger partial charge in [-0.25, -0.2) is 14.3 Å². The second kappa shape index (κ2) is 10.5. The van der Waals surface area contributed by atoms with Crippen molar-refractivity contribution in [1.29, 1.82) is 0 Å². The number of carbonyl (C=O) groups is 2. The number of aromatic nitrogens is 5. The van der Waals surface area contributed by atoms with Crippen molar-refractivity contribution in [3.8, 4) is 17.0 Å². The van der Waals surface area contributed by atoms with E-state index in [1.165, 1.54) is 37.4 Å². The molecule has 0 fully saturated rings. The topological polar surface area (TPSA) is 113 Å². The van der Waals surface area contributed by atoms with Crippen molar-refractivity contribution < 1.29 is 32.2 Å². The summed E-state index contributed by atoms with van der Waals surface area (Å²) in [7, 11) is 2.77. The van der Waals surface area contributed by atoms with Crippen LogP contribution in [0.4, 0.5) is 18.9 Å². The number of halogens is 3. The van der Waals surface area contributed by atoms with E-state index in [9.17, 15) is 22.8 Å². The maximum absolute atomic E-state index is 13.9. The van der Waals surface area contributed by atoms with Gasteiger partial charge in [0.2, 0.25) is 0 Å². The van der Waals surface area contributed by atoms with Crippen molar-refractivity contribution in [3.63, 3.8) is 0 Å². The molecule has 0 aliphatic heterocycles. The Bertz CT molecular complexity index is 1710. The molecule has 0 radical (unpaired) electrons. The number of anilines is 1. The first kappa shape index (κ1) is 26.4. The second-order valence-corrected chi connectivity index (χ2v) is 8.58. The minimum Gasteiger partial charge on any atom is -0.497 e. The van der Waals surface area contributed by atoms with Gasteiger partial charge in [-0.2, -0.15) is 23.4 Å². The fraction of sp³-hybridized carbons (Fsp3) is 0.148. The SMILES string of the molecule is COC(=O)c1ccccc1Cn1cc(NC(=O)c2cc3nc(-c4ccc(OC)cc4)cc(C(F)(F)F)n3n2)cn1. The van der Waals surface area contributed by atoms with Gasteiger partial charge in [0.25, 0.3) is 5.91 Å². The largest absolute Gasteiger partial charge is 0.497 e. The number of methoxy groups -OCH3 is 2. The Morgan fingerprint density at radius 3 is 2.48 bits per heavy atom. The number of hydrogen-bond acceptors (Lipinski definition) is 7. The van der Waals surface area contributed by atoms with E-state index in [2.05, 4.69) is 20.5 Å². The second-order valence-electron chi connectivity index (χ2n) is 8.58. The first-order valence-electron chi connectivity index (χ1n) is 11.8. The normalized spacial score (nSPS) is 11.4. The number of amides is 1. The Labute approximate surface area is 225 Å². The van der Waals surface area contributed by atoms with Gasteiger partial charge in [-0.05, 0) is 42.0 Å². The lowest BCUT2D eigenvalue weighted by Gasteiger charge is -2.11. The van der Waals surface area contributed by atoms with Crippen LogP contribution in [0.15, 0.2) is 73.1 Å². The molecule has 5 aromatic rings. The molecular formula is C27H21F3N6O4. The Morgan fingerprint density at radius 1 is 1.02 bits per heavy atom. The average Bonchev–Trinajstić information content (AvgIpc) is 3.58. The number of rotatable bonds is 7. The predicted octanol–water partition coefficient (Wildman–Crippen LogP) is 4.71. The van der Waals surface area contributed by atoms with Gasteiger partial charge < -0.3 is 14.8 Å². The van der Waals surface area contributed by atoms with Crippen LogP contribution >= 0.6 is 0 Å². The number of nitrogens with zero attached hydrogens (tertiary/aromatic N) is 5. The number of carbonyl (C=O) groups excluding carboxylic acids is 2. The molecule has 2 aromatic carbocycles. The van der Waals surface area contributed by atoms with Crippen LogP contribution in [-0.4, -0.2) is 50.5 Å². The lowest BCUT2D eigenvalue weighted by molar-refractivity contribution is -0.142. The van der Waals surface area contributed by atoms with Gasteiger partial charge in [0.15, 0.2) is 17.0 Å². The van der Waals surface area contributed by atoms with Crippen LogP contribution in [0.3, 0.4) is 0 Å². The highest BCUT2D eigenvalue weighted by molar-refractivity contribution is 6.03. The molecule has 3 aromatic heterocycles. The molecule has 1 N–H and O–H groups in total. The van der Waals surface area contributed by atoms with Crippen LogP contribution in [0.1, 0.15) is 32.1 Å². The molecule has 0 atom stereocenters. The molecule has 0 aliphatic rings. The lowest BCUT2D eigenvalue weighted by atomic mass is 10.1. The molecule has 0 bridgehead atoms.